The van der Waals surface area contributed by atoms with Crippen LogP contribution in [-0.2, 0) is 16.1 Å². The number of likely N-dealkylation sites (tertiary alicyclic amines) is 1. The van der Waals surface area contributed by atoms with Crippen LogP contribution in [0.4, 0.5) is 0 Å². The van der Waals surface area contributed by atoms with Crippen LogP contribution >= 0.6 is 11.3 Å². The van der Waals surface area contributed by atoms with Gasteiger partial charge >= 0.3 is 5.97 Å². The van der Waals surface area contributed by atoms with E-state index in [-0.39, 0.29) is 11.9 Å². The van der Waals surface area contributed by atoms with Gasteiger partial charge < -0.3 is 4.74 Å². The van der Waals surface area contributed by atoms with Gasteiger partial charge in [0.1, 0.15) is 0 Å². The Hall–Kier alpha value is -0.940. The molecule has 1 saturated heterocycles. The number of nitrogens with zero attached hydrogens (tertiary/aromatic N) is 2. The molecule has 1 unspecified atom stereocenters. The molecule has 1 aromatic rings. The Bertz CT molecular complexity index is 445. The van der Waals surface area contributed by atoms with Crippen molar-refractivity contribution < 1.29 is 9.53 Å². The van der Waals surface area contributed by atoms with Crippen LogP contribution in [0.3, 0.4) is 0 Å². The maximum Gasteiger partial charge on any atom is 0.310 e. The van der Waals surface area contributed by atoms with E-state index in [0.717, 1.165) is 38.2 Å². The Morgan fingerprint density at radius 1 is 1.60 bits per heavy atom. The molecule has 2 heterocycles. The van der Waals surface area contributed by atoms with Gasteiger partial charge in [0.25, 0.3) is 0 Å². The van der Waals surface area contributed by atoms with Gasteiger partial charge in [-0.15, -0.1) is 11.3 Å². The van der Waals surface area contributed by atoms with E-state index in [0.29, 0.717) is 12.5 Å². The average Bonchev–Trinajstić information content (AvgIpc) is 2.88. The molecule has 112 valence electrons. The summed E-state index contributed by atoms with van der Waals surface area (Å²) >= 11 is 1.73. The Kier molecular flexibility index (Phi) is 5.54. The summed E-state index contributed by atoms with van der Waals surface area (Å²) in [4.78, 5) is 18.8. The number of hydrogen-bond acceptors (Lipinski definition) is 5. The minimum Gasteiger partial charge on any atom is -0.466 e. The largest absolute Gasteiger partial charge is 0.466 e. The van der Waals surface area contributed by atoms with Crippen molar-refractivity contribution in [2.24, 2.45) is 5.92 Å². The van der Waals surface area contributed by atoms with E-state index in [1.54, 1.807) is 11.3 Å². The molecule has 2 rings (SSSR count). The minimum atomic E-state index is -0.0432. The van der Waals surface area contributed by atoms with Gasteiger partial charge in [-0.1, -0.05) is 13.8 Å². The van der Waals surface area contributed by atoms with E-state index < -0.39 is 0 Å². The van der Waals surface area contributed by atoms with Gasteiger partial charge in [-0.3, -0.25) is 9.69 Å². The minimum absolute atomic E-state index is 0.0342. The van der Waals surface area contributed by atoms with Gasteiger partial charge in [0, 0.05) is 24.4 Å². The van der Waals surface area contributed by atoms with E-state index >= 15 is 0 Å². The molecule has 4 nitrogen and oxygen atoms in total. The summed E-state index contributed by atoms with van der Waals surface area (Å²) in [5.74, 6) is 0.479. The van der Waals surface area contributed by atoms with Crippen LogP contribution in [0.2, 0.25) is 0 Å². The summed E-state index contributed by atoms with van der Waals surface area (Å²) in [5.41, 5.74) is 1.13. The van der Waals surface area contributed by atoms with Crippen LogP contribution in [0.15, 0.2) is 5.38 Å². The quantitative estimate of drug-likeness (QED) is 0.783. The fourth-order valence-electron chi connectivity index (χ4n) is 2.54. The second kappa shape index (κ2) is 7.18. The summed E-state index contributed by atoms with van der Waals surface area (Å²) < 4.78 is 5.14. The second-order valence-electron chi connectivity index (χ2n) is 5.66. The fourth-order valence-corrected chi connectivity index (χ4v) is 3.37. The van der Waals surface area contributed by atoms with Gasteiger partial charge in [0.05, 0.1) is 23.2 Å². The molecule has 0 aliphatic carbocycles. The number of piperidine rings is 1. The molecule has 0 saturated carbocycles. The van der Waals surface area contributed by atoms with Crippen molar-refractivity contribution in [3.63, 3.8) is 0 Å². The van der Waals surface area contributed by atoms with Crippen LogP contribution in [0.5, 0.6) is 0 Å². The number of esters is 1. The molecule has 0 aromatic carbocycles. The number of aromatic nitrogens is 1. The number of ether oxygens (including phenoxy) is 1. The average molecular weight is 296 g/mol. The highest BCUT2D eigenvalue weighted by Gasteiger charge is 2.27. The topological polar surface area (TPSA) is 42.4 Å². The van der Waals surface area contributed by atoms with Crippen LogP contribution < -0.4 is 0 Å². The van der Waals surface area contributed by atoms with Gasteiger partial charge in [-0.05, 0) is 26.3 Å². The van der Waals surface area contributed by atoms with E-state index in [4.69, 9.17) is 4.74 Å². The second-order valence-corrected chi connectivity index (χ2v) is 6.55. The van der Waals surface area contributed by atoms with Crippen LogP contribution in [0.1, 0.15) is 50.2 Å². The fraction of sp³-hybridized carbons (Fsp3) is 0.733. The molecule has 1 fully saturated rings. The molecular weight excluding hydrogens is 272 g/mol. The zero-order valence-corrected chi connectivity index (χ0v) is 13.4. The van der Waals surface area contributed by atoms with Crippen LogP contribution in [0.25, 0.3) is 0 Å². The predicted octanol–water partition coefficient (Wildman–Crippen LogP) is 3.04. The van der Waals surface area contributed by atoms with Crippen molar-refractivity contribution in [1.29, 1.82) is 0 Å². The first-order valence-electron chi connectivity index (χ1n) is 7.43. The molecule has 5 heteroatoms. The summed E-state index contributed by atoms with van der Waals surface area (Å²) in [5, 5.41) is 3.34. The van der Waals surface area contributed by atoms with Crippen LogP contribution in [-0.4, -0.2) is 35.5 Å². The third-order valence-corrected chi connectivity index (χ3v) is 4.77. The Labute approximate surface area is 125 Å². The smallest absolute Gasteiger partial charge is 0.310 e. The number of hydrogen-bond donors (Lipinski definition) is 0. The molecule has 0 amide bonds. The van der Waals surface area contributed by atoms with Crippen molar-refractivity contribution >= 4 is 17.3 Å². The lowest BCUT2D eigenvalue weighted by Gasteiger charge is -2.30. The lowest BCUT2D eigenvalue weighted by Crippen LogP contribution is -2.39. The first-order chi connectivity index (χ1) is 9.60. The lowest BCUT2D eigenvalue weighted by molar-refractivity contribution is -0.150. The van der Waals surface area contributed by atoms with Crippen molar-refractivity contribution in [2.75, 3.05) is 19.7 Å². The summed E-state index contributed by atoms with van der Waals surface area (Å²) in [6, 6.07) is 0. The van der Waals surface area contributed by atoms with E-state index in [9.17, 15) is 4.79 Å². The zero-order valence-electron chi connectivity index (χ0n) is 12.6. The molecule has 1 atom stereocenters. The number of carbonyl (C=O) groups is 1. The Morgan fingerprint density at radius 3 is 3.05 bits per heavy atom. The molecular formula is C15H24N2O2S. The van der Waals surface area contributed by atoms with Gasteiger partial charge in [0.2, 0.25) is 0 Å². The normalized spacial score (nSPS) is 20.3. The molecule has 1 aliphatic rings. The first kappa shape index (κ1) is 15.4. The third kappa shape index (κ3) is 4.03. The predicted molar refractivity (Wildman–Crippen MR) is 80.8 cm³/mol. The highest BCUT2D eigenvalue weighted by molar-refractivity contribution is 7.09. The van der Waals surface area contributed by atoms with Crippen LogP contribution in [0, 0.1) is 5.92 Å². The first-order valence-corrected chi connectivity index (χ1v) is 8.31. The molecule has 20 heavy (non-hydrogen) atoms. The highest BCUT2D eigenvalue weighted by Crippen LogP contribution is 2.23. The third-order valence-electron chi connectivity index (χ3n) is 3.57. The van der Waals surface area contributed by atoms with E-state index in [1.807, 2.05) is 6.92 Å². The monoisotopic (exact) mass is 296 g/mol. The van der Waals surface area contributed by atoms with Gasteiger partial charge in [0.15, 0.2) is 0 Å². The molecule has 0 radical (unpaired) electrons. The summed E-state index contributed by atoms with van der Waals surface area (Å²) in [6.45, 7) is 9.36. The SMILES string of the molecule is CCOC(=O)C1CCCN(Cc2csc(C(C)C)n2)C1. The van der Waals surface area contributed by atoms with Gasteiger partial charge in [-0.25, -0.2) is 4.98 Å². The number of carbonyl (C=O) groups excluding carboxylic acids is 1. The van der Waals surface area contributed by atoms with Crippen molar-refractivity contribution in [2.45, 2.75) is 46.1 Å². The molecule has 0 N–H and O–H groups in total. The number of rotatable bonds is 5. The maximum absolute atomic E-state index is 11.8. The summed E-state index contributed by atoms with van der Waals surface area (Å²) in [6.07, 6.45) is 2.01. The molecule has 0 bridgehead atoms. The van der Waals surface area contributed by atoms with Crippen molar-refractivity contribution in [1.82, 2.24) is 9.88 Å². The number of thiazole rings is 1. The molecule has 0 spiro atoms. The van der Waals surface area contributed by atoms with Crippen molar-refractivity contribution in [3.8, 4) is 0 Å². The zero-order chi connectivity index (χ0) is 14.5. The van der Waals surface area contributed by atoms with Gasteiger partial charge in [-0.2, -0.15) is 0 Å². The molecule has 1 aliphatic heterocycles. The summed E-state index contributed by atoms with van der Waals surface area (Å²) in [7, 11) is 0. The highest BCUT2D eigenvalue weighted by atomic mass is 32.1. The maximum atomic E-state index is 11.8. The lowest BCUT2D eigenvalue weighted by atomic mass is 9.98. The van der Waals surface area contributed by atoms with E-state index in [2.05, 4.69) is 29.1 Å². The Balaban J connectivity index is 1.90. The van der Waals surface area contributed by atoms with E-state index in [1.165, 1.54) is 5.01 Å². The molecule has 1 aromatic heterocycles. The Morgan fingerprint density at radius 2 is 2.40 bits per heavy atom. The standard InChI is InChI=1S/C15H24N2O2S/c1-4-19-15(18)12-6-5-7-17(8-12)9-13-10-20-14(16-13)11(2)3/h10-12H,4-9H2,1-3H3. The van der Waals surface area contributed by atoms with Crippen molar-refractivity contribution in [3.05, 3.63) is 16.1 Å².